The number of hydrogen-bond donors (Lipinski definition) is 1. The van der Waals surface area contributed by atoms with Gasteiger partial charge in [0.1, 0.15) is 5.82 Å². The van der Waals surface area contributed by atoms with Crippen molar-refractivity contribution in [3.63, 3.8) is 0 Å². The summed E-state index contributed by atoms with van der Waals surface area (Å²) in [5, 5.41) is 7.67. The van der Waals surface area contributed by atoms with Crippen LogP contribution in [-0.4, -0.2) is 65.1 Å². The molecule has 2 aromatic heterocycles. The molecule has 0 radical (unpaired) electrons. The van der Waals surface area contributed by atoms with E-state index in [0.717, 1.165) is 84.2 Å². The van der Waals surface area contributed by atoms with E-state index in [9.17, 15) is 4.79 Å². The Balaban J connectivity index is 1.50. The van der Waals surface area contributed by atoms with Gasteiger partial charge in [-0.15, -0.1) is 0 Å². The van der Waals surface area contributed by atoms with E-state index in [1.807, 2.05) is 35.8 Å². The van der Waals surface area contributed by atoms with Crippen molar-refractivity contribution >= 4 is 17.5 Å². The lowest BCUT2D eigenvalue weighted by Gasteiger charge is -2.28. The Morgan fingerprint density at radius 3 is 2.61 bits per heavy atom. The third-order valence-electron chi connectivity index (χ3n) is 7.39. The van der Waals surface area contributed by atoms with Crippen molar-refractivity contribution in [3.05, 3.63) is 47.8 Å². The number of carbonyl (C=O) groups excluding carboxylic acids is 1. The number of nitrogens with one attached hydrogen (secondary N) is 1. The normalized spacial score (nSPS) is 18.1. The van der Waals surface area contributed by atoms with Crippen LogP contribution in [0.5, 0.6) is 0 Å². The standard InChI is InChI=1S/C28H36N6O2/c1-5-21-8-9-34(17-21)28(35)29-23-7-6-19(2)24(16-23)22-14-26(25-18-32(4)31-20(25)3)30-27(15-22)33-10-12-36-13-11-33/h6-7,14-16,18,21H,5,8-13,17H2,1-4H3,(H,29,35)/t21-/m1/s1. The van der Waals surface area contributed by atoms with Gasteiger partial charge in [0.15, 0.2) is 0 Å². The zero-order valence-electron chi connectivity index (χ0n) is 21.8. The van der Waals surface area contributed by atoms with Gasteiger partial charge in [0.25, 0.3) is 0 Å². The second-order valence-electron chi connectivity index (χ2n) is 9.97. The van der Waals surface area contributed by atoms with Crippen molar-refractivity contribution < 1.29 is 9.53 Å². The second-order valence-corrected chi connectivity index (χ2v) is 9.97. The molecule has 0 spiro atoms. The summed E-state index contributed by atoms with van der Waals surface area (Å²) in [6, 6.07) is 10.4. The van der Waals surface area contributed by atoms with E-state index in [-0.39, 0.29) is 6.03 Å². The highest BCUT2D eigenvalue weighted by Gasteiger charge is 2.25. The monoisotopic (exact) mass is 488 g/mol. The summed E-state index contributed by atoms with van der Waals surface area (Å²) in [5.74, 6) is 1.54. The number of rotatable bonds is 5. The molecule has 5 rings (SSSR count). The fraction of sp³-hybridized carbons (Fsp3) is 0.464. The molecule has 2 aliphatic heterocycles. The van der Waals surface area contributed by atoms with E-state index in [1.54, 1.807) is 0 Å². The van der Waals surface area contributed by atoms with Crippen LogP contribution in [0.15, 0.2) is 36.5 Å². The molecule has 8 nitrogen and oxygen atoms in total. The molecule has 2 aliphatic rings. The smallest absolute Gasteiger partial charge is 0.321 e. The summed E-state index contributed by atoms with van der Waals surface area (Å²) in [7, 11) is 1.93. The first-order valence-corrected chi connectivity index (χ1v) is 12.9. The highest BCUT2D eigenvalue weighted by molar-refractivity contribution is 5.91. The van der Waals surface area contributed by atoms with Crippen LogP contribution in [0.1, 0.15) is 31.0 Å². The lowest BCUT2D eigenvalue weighted by atomic mass is 9.98. The van der Waals surface area contributed by atoms with Gasteiger partial charge in [-0.05, 0) is 67.1 Å². The van der Waals surface area contributed by atoms with E-state index < -0.39 is 0 Å². The largest absolute Gasteiger partial charge is 0.378 e. The Hall–Kier alpha value is -3.39. The molecule has 36 heavy (non-hydrogen) atoms. The zero-order chi connectivity index (χ0) is 25.2. The Morgan fingerprint density at radius 1 is 1.11 bits per heavy atom. The molecule has 1 atom stereocenters. The molecule has 2 fully saturated rings. The minimum absolute atomic E-state index is 0.0174. The molecule has 190 valence electrons. The lowest BCUT2D eigenvalue weighted by Crippen LogP contribution is -2.36. The number of anilines is 2. The number of morpholine rings is 1. The average molecular weight is 489 g/mol. The summed E-state index contributed by atoms with van der Waals surface area (Å²) in [6.45, 7) is 11.0. The van der Waals surface area contributed by atoms with Crippen LogP contribution in [-0.2, 0) is 11.8 Å². The maximum atomic E-state index is 12.9. The number of ether oxygens (including phenoxy) is 1. The number of pyridine rings is 1. The summed E-state index contributed by atoms with van der Waals surface area (Å²) in [5.41, 5.74) is 6.99. The van der Waals surface area contributed by atoms with Crippen LogP contribution in [0.2, 0.25) is 0 Å². The number of aryl methyl sites for hydroxylation is 3. The number of carbonyl (C=O) groups is 1. The van der Waals surface area contributed by atoms with Crippen LogP contribution >= 0.6 is 0 Å². The SMILES string of the molecule is CC[C@@H]1CCN(C(=O)Nc2ccc(C)c(-c3cc(-c4cn(C)nc4C)nc(N4CCOCC4)c3)c2)C1. The van der Waals surface area contributed by atoms with Gasteiger partial charge in [-0.25, -0.2) is 9.78 Å². The Kier molecular flexibility index (Phi) is 6.96. The molecule has 8 heteroatoms. The average Bonchev–Trinajstić information content (AvgIpc) is 3.51. The summed E-state index contributed by atoms with van der Waals surface area (Å²) < 4.78 is 7.40. The third kappa shape index (κ3) is 5.09. The number of likely N-dealkylation sites (tertiary alicyclic amines) is 1. The van der Waals surface area contributed by atoms with Crippen molar-refractivity contribution in [1.82, 2.24) is 19.7 Å². The number of urea groups is 1. The van der Waals surface area contributed by atoms with Crippen LogP contribution in [0.4, 0.5) is 16.3 Å². The van der Waals surface area contributed by atoms with Gasteiger partial charge < -0.3 is 19.9 Å². The van der Waals surface area contributed by atoms with Gasteiger partial charge in [0.05, 0.1) is 24.6 Å². The minimum Gasteiger partial charge on any atom is -0.378 e. The van der Waals surface area contributed by atoms with Gasteiger partial charge in [-0.2, -0.15) is 5.10 Å². The number of nitrogens with zero attached hydrogens (tertiary/aromatic N) is 5. The quantitative estimate of drug-likeness (QED) is 0.555. The summed E-state index contributed by atoms with van der Waals surface area (Å²) in [6.07, 6.45) is 4.22. The highest BCUT2D eigenvalue weighted by Crippen LogP contribution is 2.34. The summed E-state index contributed by atoms with van der Waals surface area (Å²) >= 11 is 0. The van der Waals surface area contributed by atoms with E-state index in [2.05, 4.69) is 53.4 Å². The van der Waals surface area contributed by atoms with Crippen molar-refractivity contribution in [2.75, 3.05) is 49.6 Å². The Labute approximate surface area is 213 Å². The van der Waals surface area contributed by atoms with Crippen molar-refractivity contribution in [3.8, 4) is 22.4 Å². The van der Waals surface area contributed by atoms with Crippen molar-refractivity contribution in [1.29, 1.82) is 0 Å². The molecule has 0 bridgehead atoms. The third-order valence-corrected chi connectivity index (χ3v) is 7.39. The molecule has 2 amide bonds. The molecule has 0 unspecified atom stereocenters. The van der Waals surface area contributed by atoms with E-state index in [4.69, 9.17) is 9.72 Å². The Bertz CT molecular complexity index is 1250. The molecule has 0 aliphatic carbocycles. The lowest BCUT2D eigenvalue weighted by molar-refractivity contribution is 0.122. The van der Waals surface area contributed by atoms with Crippen molar-refractivity contribution in [2.24, 2.45) is 13.0 Å². The minimum atomic E-state index is -0.0174. The molecule has 3 aromatic rings. The van der Waals surface area contributed by atoms with Crippen LogP contribution < -0.4 is 10.2 Å². The molecule has 1 aromatic carbocycles. The number of benzene rings is 1. The zero-order valence-corrected chi connectivity index (χ0v) is 21.8. The second kappa shape index (κ2) is 10.3. The first kappa shape index (κ1) is 24.3. The van der Waals surface area contributed by atoms with Crippen LogP contribution in [0.3, 0.4) is 0 Å². The first-order valence-electron chi connectivity index (χ1n) is 12.9. The number of amides is 2. The maximum absolute atomic E-state index is 12.9. The maximum Gasteiger partial charge on any atom is 0.321 e. The first-order chi connectivity index (χ1) is 17.4. The fourth-order valence-corrected chi connectivity index (χ4v) is 5.18. The predicted molar refractivity (Wildman–Crippen MR) is 143 cm³/mol. The van der Waals surface area contributed by atoms with Gasteiger partial charge in [-0.1, -0.05) is 19.4 Å². The number of hydrogen-bond acceptors (Lipinski definition) is 5. The fourth-order valence-electron chi connectivity index (χ4n) is 5.18. The van der Waals surface area contributed by atoms with Crippen LogP contribution in [0.25, 0.3) is 22.4 Å². The molecular formula is C28H36N6O2. The van der Waals surface area contributed by atoms with E-state index in [1.165, 1.54) is 0 Å². The molecule has 1 N–H and O–H groups in total. The van der Waals surface area contributed by atoms with Gasteiger partial charge in [-0.3, -0.25) is 4.68 Å². The highest BCUT2D eigenvalue weighted by atomic mass is 16.5. The molecule has 0 saturated carbocycles. The molecule has 2 saturated heterocycles. The van der Waals surface area contributed by atoms with Gasteiger partial charge in [0.2, 0.25) is 0 Å². The predicted octanol–water partition coefficient (Wildman–Crippen LogP) is 4.87. The Morgan fingerprint density at radius 2 is 1.92 bits per heavy atom. The van der Waals surface area contributed by atoms with Crippen molar-refractivity contribution in [2.45, 2.75) is 33.6 Å². The van der Waals surface area contributed by atoms with Gasteiger partial charge >= 0.3 is 6.03 Å². The van der Waals surface area contributed by atoms with E-state index in [0.29, 0.717) is 19.1 Å². The topological polar surface area (TPSA) is 75.5 Å². The van der Waals surface area contributed by atoms with Gasteiger partial charge in [0, 0.05) is 50.7 Å². The van der Waals surface area contributed by atoms with E-state index >= 15 is 0 Å². The molecule has 4 heterocycles. The number of aromatic nitrogens is 3. The molecular weight excluding hydrogens is 452 g/mol. The van der Waals surface area contributed by atoms with Crippen LogP contribution in [0, 0.1) is 19.8 Å². The summed E-state index contributed by atoms with van der Waals surface area (Å²) in [4.78, 5) is 22.2.